The number of anilines is 1. The molecule has 1 saturated heterocycles. The molecule has 1 aliphatic rings. The standard InChI is InChI=1S/C15H17N3O2S2/c1-10-5-2-3-6-11(10)9-21-15-18-17-14(22-15)16-13(19)12-7-4-8-20-12/h2-3,5-6,12H,4,7-9H2,1H3,(H,16,17,19). The highest BCUT2D eigenvalue weighted by Gasteiger charge is 2.24. The number of nitrogens with zero attached hydrogens (tertiary/aromatic N) is 2. The number of aryl methyl sites for hydroxylation is 1. The van der Waals surface area contributed by atoms with Crippen LogP contribution in [-0.2, 0) is 15.3 Å². The molecule has 1 unspecified atom stereocenters. The minimum Gasteiger partial charge on any atom is -0.368 e. The zero-order valence-corrected chi connectivity index (χ0v) is 13.9. The summed E-state index contributed by atoms with van der Waals surface area (Å²) in [5.74, 6) is 0.727. The van der Waals surface area contributed by atoms with Crippen molar-refractivity contribution in [1.82, 2.24) is 10.2 Å². The molecule has 0 bridgehead atoms. The van der Waals surface area contributed by atoms with Crippen molar-refractivity contribution in [1.29, 1.82) is 0 Å². The Morgan fingerprint density at radius 3 is 3.09 bits per heavy atom. The SMILES string of the molecule is Cc1ccccc1CSc1nnc(NC(=O)C2CCCO2)s1. The monoisotopic (exact) mass is 335 g/mol. The fourth-order valence-corrected chi connectivity index (χ4v) is 4.03. The van der Waals surface area contributed by atoms with E-state index in [1.54, 1.807) is 11.8 Å². The van der Waals surface area contributed by atoms with E-state index in [0.29, 0.717) is 11.7 Å². The molecular formula is C15H17N3O2S2. The van der Waals surface area contributed by atoms with E-state index in [-0.39, 0.29) is 12.0 Å². The Bertz CT molecular complexity index is 654. The summed E-state index contributed by atoms with van der Waals surface area (Å²) in [4.78, 5) is 11.9. The van der Waals surface area contributed by atoms with E-state index in [9.17, 15) is 4.79 Å². The highest BCUT2D eigenvalue weighted by atomic mass is 32.2. The molecule has 2 heterocycles. The van der Waals surface area contributed by atoms with E-state index < -0.39 is 0 Å². The zero-order chi connectivity index (χ0) is 15.4. The van der Waals surface area contributed by atoms with Crippen molar-refractivity contribution >= 4 is 34.1 Å². The first-order valence-corrected chi connectivity index (χ1v) is 8.96. The van der Waals surface area contributed by atoms with Crippen LogP contribution in [0, 0.1) is 6.92 Å². The normalized spacial score (nSPS) is 17.6. The number of benzene rings is 1. The van der Waals surface area contributed by atoms with E-state index in [0.717, 1.165) is 22.9 Å². The maximum Gasteiger partial charge on any atom is 0.255 e. The summed E-state index contributed by atoms with van der Waals surface area (Å²) in [6.45, 7) is 2.76. The Morgan fingerprint density at radius 2 is 2.32 bits per heavy atom. The first-order valence-electron chi connectivity index (χ1n) is 7.15. The maximum atomic E-state index is 11.9. The second-order valence-corrected chi connectivity index (χ2v) is 7.28. The van der Waals surface area contributed by atoms with Gasteiger partial charge in [-0.15, -0.1) is 10.2 Å². The molecule has 0 spiro atoms. The summed E-state index contributed by atoms with van der Waals surface area (Å²) in [5.41, 5.74) is 2.55. The number of amides is 1. The van der Waals surface area contributed by atoms with Crippen molar-refractivity contribution in [2.24, 2.45) is 0 Å². The molecule has 0 radical (unpaired) electrons. The molecule has 1 aliphatic heterocycles. The summed E-state index contributed by atoms with van der Waals surface area (Å²) in [7, 11) is 0. The molecule has 1 amide bonds. The number of ether oxygens (including phenoxy) is 1. The van der Waals surface area contributed by atoms with Gasteiger partial charge >= 0.3 is 0 Å². The Hall–Kier alpha value is -1.44. The van der Waals surface area contributed by atoms with Gasteiger partial charge in [-0.3, -0.25) is 10.1 Å². The van der Waals surface area contributed by atoms with Gasteiger partial charge in [-0.25, -0.2) is 0 Å². The van der Waals surface area contributed by atoms with Crippen molar-refractivity contribution in [2.45, 2.75) is 36.0 Å². The molecule has 1 N–H and O–H groups in total. The molecule has 2 aromatic rings. The summed E-state index contributed by atoms with van der Waals surface area (Å²) in [6.07, 6.45) is 1.37. The van der Waals surface area contributed by atoms with Gasteiger partial charge in [-0.05, 0) is 30.9 Å². The number of aromatic nitrogens is 2. The average molecular weight is 335 g/mol. The lowest BCUT2D eigenvalue weighted by atomic mass is 10.1. The molecule has 0 aliphatic carbocycles. The third-order valence-corrected chi connectivity index (χ3v) is 5.49. The minimum absolute atomic E-state index is 0.121. The number of thioether (sulfide) groups is 1. The molecule has 1 aromatic heterocycles. The fraction of sp³-hybridized carbons (Fsp3) is 0.400. The molecule has 116 valence electrons. The van der Waals surface area contributed by atoms with Gasteiger partial charge in [0.05, 0.1) is 0 Å². The molecule has 22 heavy (non-hydrogen) atoms. The maximum absolute atomic E-state index is 11.9. The number of hydrogen-bond acceptors (Lipinski definition) is 6. The minimum atomic E-state index is -0.341. The summed E-state index contributed by atoms with van der Waals surface area (Å²) >= 11 is 3.03. The highest BCUT2D eigenvalue weighted by Crippen LogP contribution is 2.29. The number of rotatable bonds is 5. The van der Waals surface area contributed by atoms with Crippen LogP contribution in [0.5, 0.6) is 0 Å². The lowest BCUT2D eigenvalue weighted by molar-refractivity contribution is -0.124. The van der Waals surface area contributed by atoms with Crippen LogP contribution in [-0.4, -0.2) is 28.8 Å². The van der Waals surface area contributed by atoms with E-state index in [1.807, 2.05) is 12.1 Å². The van der Waals surface area contributed by atoms with Gasteiger partial charge in [0.15, 0.2) is 4.34 Å². The van der Waals surface area contributed by atoms with Crippen molar-refractivity contribution in [3.63, 3.8) is 0 Å². The predicted octanol–water partition coefficient (Wildman–Crippen LogP) is 3.26. The van der Waals surface area contributed by atoms with Crippen LogP contribution >= 0.6 is 23.1 Å². The molecule has 5 nitrogen and oxygen atoms in total. The Morgan fingerprint density at radius 1 is 1.45 bits per heavy atom. The average Bonchev–Trinajstić information content (AvgIpc) is 3.18. The summed E-state index contributed by atoms with van der Waals surface area (Å²) in [6, 6.07) is 8.29. The third-order valence-electron chi connectivity index (χ3n) is 3.47. The number of carbonyl (C=O) groups is 1. The quantitative estimate of drug-likeness (QED) is 0.671. The molecule has 1 aromatic carbocycles. The van der Waals surface area contributed by atoms with Crippen LogP contribution in [0.2, 0.25) is 0 Å². The number of carbonyl (C=O) groups excluding carboxylic acids is 1. The van der Waals surface area contributed by atoms with Crippen LogP contribution in [0.1, 0.15) is 24.0 Å². The van der Waals surface area contributed by atoms with Gasteiger partial charge in [0, 0.05) is 12.4 Å². The Balaban J connectivity index is 1.55. The molecular weight excluding hydrogens is 318 g/mol. The fourth-order valence-electron chi connectivity index (χ4n) is 2.20. The third kappa shape index (κ3) is 3.85. The topological polar surface area (TPSA) is 64.1 Å². The first-order chi connectivity index (χ1) is 10.7. The smallest absolute Gasteiger partial charge is 0.255 e. The van der Waals surface area contributed by atoms with Crippen LogP contribution in [0.25, 0.3) is 0 Å². The second kappa shape index (κ2) is 7.21. The van der Waals surface area contributed by atoms with E-state index >= 15 is 0 Å². The Kier molecular flexibility index (Phi) is 5.07. The van der Waals surface area contributed by atoms with Crippen LogP contribution < -0.4 is 5.32 Å². The molecule has 1 atom stereocenters. The van der Waals surface area contributed by atoms with Crippen LogP contribution in [0.4, 0.5) is 5.13 Å². The summed E-state index contributed by atoms with van der Waals surface area (Å²) < 4.78 is 6.20. The second-order valence-electron chi connectivity index (χ2n) is 5.08. The molecule has 0 saturated carbocycles. The van der Waals surface area contributed by atoms with Gasteiger partial charge in [0.1, 0.15) is 6.10 Å². The Labute approximate surface area is 137 Å². The number of nitrogens with one attached hydrogen (secondary N) is 1. The van der Waals surface area contributed by atoms with Crippen molar-refractivity contribution in [2.75, 3.05) is 11.9 Å². The van der Waals surface area contributed by atoms with Gasteiger partial charge < -0.3 is 4.74 Å². The van der Waals surface area contributed by atoms with E-state index in [4.69, 9.17) is 4.74 Å². The van der Waals surface area contributed by atoms with Gasteiger partial charge in [-0.2, -0.15) is 0 Å². The molecule has 3 rings (SSSR count). The predicted molar refractivity (Wildman–Crippen MR) is 88.3 cm³/mol. The van der Waals surface area contributed by atoms with Gasteiger partial charge in [0.2, 0.25) is 5.13 Å². The van der Waals surface area contributed by atoms with Crippen molar-refractivity contribution in [3.8, 4) is 0 Å². The van der Waals surface area contributed by atoms with E-state index in [2.05, 4.69) is 34.6 Å². The van der Waals surface area contributed by atoms with Crippen molar-refractivity contribution in [3.05, 3.63) is 35.4 Å². The molecule has 1 fully saturated rings. The molecule has 7 heteroatoms. The van der Waals surface area contributed by atoms with Crippen LogP contribution in [0.3, 0.4) is 0 Å². The van der Waals surface area contributed by atoms with Crippen molar-refractivity contribution < 1.29 is 9.53 Å². The van der Waals surface area contributed by atoms with Crippen LogP contribution in [0.15, 0.2) is 28.6 Å². The first kappa shape index (κ1) is 15.5. The lowest BCUT2D eigenvalue weighted by Crippen LogP contribution is -2.26. The van der Waals surface area contributed by atoms with E-state index in [1.165, 1.54) is 22.5 Å². The van der Waals surface area contributed by atoms with Gasteiger partial charge in [-0.1, -0.05) is 47.4 Å². The lowest BCUT2D eigenvalue weighted by Gasteiger charge is -2.07. The largest absolute Gasteiger partial charge is 0.368 e. The number of hydrogen-bond donors (Lipinski definition) is 1. The summed E-state index contributed by atoms with van der Waals surface area (Å²) in [5, 5.41) is 11.5. The van der Waals surface area contributed by atoms with Gasteiger partial charge in [0.25, 0.3) is 5.91 Å². The highest BCUT2D eigenvalue weighted by molar-refractivity contribution is 8.00. The zero-order valence-electron chi connectivity index (χ0n) is 12.2.